The Morgan fingerprint density at radius 1 is 1.11 bits per heavy atom. The largest absolute Gasteiger partial charge is 0.478 e. The van der Waals surface area contributed by atoms with Gasteiger partial charge in [-0.3, -0.25) is 0 Å². The fraction of sp³-hybridized carbons (Fsp3) is 0.316. The standard InChI is InChI=1S/C19H20ClNO4S2/c20-16-6-4-5-14(9-16)13-26-17-10-15(19(22)23)11-18(12-17)27(24,25)21-7-2-1-3-8-21/h4-6,9-12H,1-3,7-8,13H2,(H,22,23). The molecule has 1 heterocycles. The van der Waals surface area contributed by atoms with Crippen LogP contribution in [-0.4, -0.2) is 36.9 Å². The first kappa shape index (κ1) is 20.2. The summed E-state index contributed by atoms with van der Waals surface area (Å²) in [5.74, 6) is -0.581. The lowest BCUT2D eigenvalue weighted by molar-refractivity contribution is 0.0696. The quantitative estimate of drug-likeness (QED) is 0.689. The van der Waals surface area contributed by atoms with E-state index in [4.69, 9.17) is 11.6 Å². The molecule has 2 aromatic carbocycles. The molecule has 1 aliphatic heterocycles. The third kappa shape index (κ3) is 5.04. The van der Waals surface area contributed by atoms with Crippen LogP contribution in [0.25, 0.3) is 0 Å². The monoisotopic (exact) mass is 425 g/mol. The van der Waals surface area contributed by atoms with Crippen LogP contribution in [0, 0.1) is 0 Å². The van der Waals surface area contributed by atoms with Gasteiger partial charge < -0.3 is 5.11 Å². The Hall–Kier alpha value is -1.54. The van der Waals surface area contributed by atoms with E-state index in [9.17, 15) is 18.3 Å². The number of carbonyl (C=O) groups is 1. The summed E-state index contributed by atoms with van der Waals surface area (Å²) < 4.78 is 27.3. The van der Waals surface area contributed by atoms with Gasteiger partial charge >= 0.3 is 5.97 Å². The van der Waals surface area contributed by atoms with Gasteiger partial charge in [-0.1, -0.05) is 30.2 Å². The Bertz CT molecular complexity index is 940. The number of thioether (sulfide) groups is 1. The van der Waals surface area contributed by atoms with E-state index in [1.165, 1.54) is 28.2 Å². The van der Waals surface area contributed by atoms with Crippen LogP contribution in [0.2, 0.25) is 5.02 Å². The summed E-state index contributed by atoms with van der Waals surface area (Å²) in [6.45, 7) is 0.954. The molecule has 1 fully saturated rings. The number of benzene rings is 2. The van der Waals surface area contributed by atoms with Crippen molar-refractivity contribution in [2.24, 2.45) is 0 Å². The normalized spacial score (nSPS) is 15.6. The smallest absolute Gasteiger partial charge is 0.335 e. The van der Waals surface area contributed by atoms with E-state index in [1.807, 2.05) is 18.2 Å². The third-order valence-corrected chi connectivity index (χ3v) is 7.53. The fourth-order valence-electron chi connectivity index (χ4n) is 2.98. The lowest BCUT2D eigenvalue weighted by Crippen LogP contribution is -2.35. The number of hydrogen-bond acceptors (Lipinski definition) is 4. The van der Waals surface area contributed by atoms with E-state index < -0.39 is 16.0 Å². The Kier molecular flexibility index (Phi) is 6.47. The molecular formula is C19H20ClNO4S2. The number of aromatic carboxylic acids is 1. The molecule has 0 aromatic heterocycles. The van der Waals surface area contributed by atoms with Crippen LogP contribution in [0.5, 0.6) is 0 Å². The van der Waals surface area contributed by atoms with Crippen LogP contribution in [0.4, 0.5) is 0 Å². The summed E-state index contributed by atoms with van der Waals surface area (Å²) in [5.41, 5.74) is 0.954. The van der Waals surface area contributed by atoms with Crippen LogP contribution >= 0.6 is 23.4 Å². The zero-order chi connectivity index (χ0) is 19.4. The van der Waals surface area contributed by atoms with Gasteiger partial charge in [-0.15, -0.1) is 11.8 Å². The number of carboxylic acid groups (broad SMARTS) is 1. The van der Waals surface area contributed by atoms with Gasteiger partial charge in [-0.05, 0) is 48.7 Å². The second kappa shape index (κ2) is 8.65. The van der Waals surface area contributed by atoms with Crippen molar-refractivity contribution in [3.63, 3.8) is 0 Å². The average Bonchev–Trinajstić information content (AvgIpc) is 2.67. The molecule has 1 N–H and O–H groups in total. The molecular weight excluding hydrogens is 406 g/mol. The fourth-order valence-corrected chi connectivity index (χ4v) is 5.79. The van der Waals surface area contributed by atoms with Crippen molar-refractivity contribution in [3.05, 3.63) is 58.6 Å². The first-order valence-electron chi connectivity index (χ1n) is 8.62. The van der Waals surface area contributed by atoms with Gasteiger partial charge in [-0.25, -0.2) is 13.2 Å². The molecule has 0 atom stereocenters. The van der Waals surface area contributed by atoms with Crippen molar-refractivity contribution in [1.82, 2.24) is 4.31 Å². The van der Waals surface area contributed by atoms with Crippen molar-refractivity contribution in [3.8, 4) is 0 Å². The Morgan fingerprint density at radius 3 is 2.52 bits per heavy atom. The lowest BCUT2D eigenvalue weighted by atomic mass is 10.2. The second-order valence-electron chi connectivity index (χ2n) is 6.38. The maximum Gasteiger partial charge on any atom is 0.335 e. The van der Waals surface area contributed by atoms with Crippen LogP contribution < -0.4 is 0 Å². The highest BCUT2D eigenvalue weighted by atomic mass is 35.5. The molecule has 5 nitrogen and oxygen atoms in total. The Balaban J connectivity index is 1.89. The highest BCUT2D eigenvalue weighted by Gasteiger charge is 2.27. The summed E-state index contributed by atoms with van der Waals surface area (Å²) in [5, 5.41) is 10.0. The highest BCUT2D eigenvalue weighted by molar-refractivity contribution is 7.98. The molecule has 3 rings (SSSR count). The maximum absolute atomic E-state index is 12.9. The number of hydrogen-bond donors (Lipinski definition) is 1. The van der Waals surface area contributed by atoms with Crippen LogP contribution in [0.3, 0.4) is 0 Å². The van der Waals surface area contributed by atoms with E-state index in [2.05, 4.69) is 0 Å². The molecule has 0 saturated carbocycles. The molecule has 27 heavy (non-hydrogen) atoms. The molecule has 0 amide bonds. The van der Waals surface area contributed by atoms with Gasteiger partial charge in [0.25, 0.3) is 0 Å². The van der Waals surface area contributed by atoms with Crippen molar-refractivity contribution in [1.29, 1.82) is 0 Å². The first-order chi connectivity index (χ1) is 12.9. The van der Waals surface area contributed by atoms with E-state index in [-0.39, 0.29) is 10.5 Å². The van der Waals surface area contributed by atoms with E-state index in [1.54, 1.807) is 12.1 Å². The van der Waals surface area contributed by atoms with Gasteiger partial charge in [0.2, 0.25) is 10.0 Å². The van der Waals surface area contributed by atoms with Gasteiger partial charge in [0.15, 0.2) is 0 Å². The number of nitrogens with zero attached hydrogens (tertiary/aromatic N) is 1. The number of piperidine rings is 1. The topological polar surface area (TPSA) is 74.7 Å². The molecule has 0 bridgehead atoms. The number of carboxylic acids is 1. The number of halogens is 1. The minimum Gasteiger partial charge on any atom is -0.478 e. The molecule has 0 unspecified atom stereocenters. The summed E-state index contributed by atoms with van der Waals surface area (Å²) in [4.78, 5) is 12.1. The van der Waals surface area contributed by atoms with Crippen molar-refractivity contribution >= 4 is 39.4 Å². The number of sulfonamides is 1. The zero-order valence-corrected chi connectivity index (χ0v) is 17.0. The third-order valence-electron chi connectivity index (χ3n) is 4.37. The van der Waals surface area contributed by atoms with E-state index in [0.717, 1.165) is 24.8 Å². The summed E-state index contributed by atoms with van der Waals surface area (Å²) >= 11 is 7.38. The van der Waals surface area contributed by atoms with Gasteiger partial charge in [0, 0.05) is 28.8 Å². The Morgan fingerprint density at radius 2 is 1.85 bits per heavy atom. The van der Waals surface area contributed by atoms with Crippen LogP contribution in [0.15, 0.2) is 52.3 Å². The summed E-state index contributed by atoms with van der Waals surface area (Å²) in [6.07, 6.45) is 2.67. The molecule has 2 aromatic rings. The minimum absolute atomic E-state index is 0.0262. The molecule has 8 heteroatoms. The van der Waals surface area contributed by atoms with Crippen LogP contribution in [-0.2, 0) is 15.8 Å². The SMILES string of the molecule is O=C(O)c1cc(SCc2cccc(Cl)c2)cc(S(=O)(=O)N2CCCCC2)c1. The highest BCUT2D eigenvalue weighted by Crippen LogP contribution is 2.29. The molecule has 144 valence electrons. The predicted molar refractivity (Wildman–Crippen MR) is 107 cm³/mol. The molecule has 1 saturated heterocycles. The minimum atomic E-state index is -3.69. The molecule has 0 radical (unpaired) electrons. The summed E-state index contributed by atoms with van der Waals surface area (Å²) in [6, 6.07) is 11.7. The number of rotatable bonds is 6. The van der Waals surface area contributed by atoms with Gasteiger partial charge in [0.1, 0.15) is 0 Å². The lowest BCUT2D eigenvalue weighted by Gasteiger charge is -2.26. The molecule has 0 spiro atoms. The van der Waals surface area contributed by atoms with E-state index in [0.29, 0.717) is 28.8 Å². The zero-order valence-electron chi connectivity index (χ0n) is 14.6. The Labute approximate surface area is 168 Å². The van der Waals surface area contributed by atoms with Crippen molar-refractivity contribution in [2.75, 3.05) is 13.1 Å². The van der Waals surface area contributed by atoms with E-state index >= 15 is 0 Å². The molecule has 1 aliphatic rings. The van der Waals surface area contributed by atoms with Gasteiger partial charge in [-0.2, -0.15) is 4.31 Å². The van der Waals surface area contributed by atoms with Crippen molar-refractivity contribution in [2.45, 2.75) is 34.8 Å². The maximum atomic E-state index is 12.9. The predicted octanol–water partition coefficient (Wildman–Crippen LogP) is 4.51. The average molecular weight is 426 g/mol. The van der Waals surface area contributed by atoms with Crippen molar-refractivity contribution < 1.29 is 18.3 Å². The second-order valence-corrected chi connectivity index (χ2v) is 9.80. The van der Waals surface area contributed by atoms with Crippen LogP contribution in [0.1, 0.15) is 35.2 Å². The first-order valence-corrected chi connectivity index (χ1v) is 11.4. The molecule has 0 aliphatic carbocycles. The van der Waals surface area contributed by atoms with Gasteiger partial charge in [0.05, 0.1) is 10.5 Å². The summed E-state index contributed by atoms with van der Waals surface area (Å²) in [7, 11) is -3.69.